The number of hydrogen-bond donors (Lipinski definition) is 1. The Labute approximate surface area is 524 Å². The summed E-state index contributed by atoms with van der Waals surface area (Å²) in [7, 11) is 0. The molecule has 81 heavy (non-hydrogen) atoms. The number of nitrogens with zero attached hydrogens (tertiary/aromatic N) is 5. The van der Waals surface area contributed by atoms with Gasteiger partial charge in [-0.15, -0.1) is 121 Å². The van der Waals surface area contributed by atoms with Gasteiger partial charge in [0.1, 0.15) is 0 Å². The molecule has 424 valence electrons. The Hall–Kier alpha value is -5.95. The van der Waals surface area contributed by atoms with Gasteiger partial charge in [0.05, 0.1) is 5.76 Å². The number of hydrogen-bond acceptors (Lipinski definition) is 5. The molecule has 0 atom stereocenters. The maximum absolute atomic E-state index is 10.0. The molecule has 0 unspecified atom stereocenters. The van der Waals surface area contributed by atoms with E-state index in [-0.39, 0.29) is 72.8 Å². The second-order valence-electron chi connectivity index (χ2n) is 19.3. The number of benzene rings is 3. The Morgan fingerprint density at radius 3 is 1.54 bits per heavy atom. The average molecular weight is 1630 g/mol. The molecule has 6 aromatic heterocycles. The van der Waals surface area contributed by atoms with Gasteiger partial charge in [0.15, 0.2) is 5.78 Å². The van der Waals surface area contributed by atoms with Crippen molar-refractivity contribution in [2.75, 3.05) is 0 Å². The molecule has 4 aromatic carbocycles. The normalized spacial score (nSPS) is 11.3. The number of thiophene rings is 1. The zero-order chi connectivity index (χ0) is 55.3. The summed E-state index contributed by atoms with van der Waals surface area (Å²) >= 11 is 1.73. The summed E-state index contributed by atoms with van der Waals surface area (Å²) in [6.45, 7) is 21.0. The van der Waals surface area contributed by atoms with Crippen LogP contribution < -0.4 is 36.1 Å². The summed E-state index contributed by atoms with van der Waals surface area (Å²) in [5.74, 6) is -0.0625. The first-order valence-electron chi connectivity index (χ1n) is 27.7. The van der Waals surface area contributed by atoms with E-state index in [0.717, 1.165) is 107 Å². The van der Waals surface area contributed by atoms with Gasteiger partial charge in [-0.25, -0.2) is 11.3 Å². The fourth-order valence-corrected chi connectivity index (χ4v) is 11.8. The molecule has 2 radical (unpaired) electrons. The van der Waals surface area contributed by atoms with Gasteiger partial charge in [-0.2, -0.15) is 11.4 Å². The number of aliphatic hydroxyl groups excluding tert-OH is 1. The van der Waals surface area contributed by atoms with Gasteiger partial charge in [0.25, 0.3) is 0 Å². The van der Waals surface area contributed by atoms with Crippen molar-refractivity contribution in [2.45, 2.75) is 121 Å². The van der Waals surface area contributed by atoms with Gasteiger partial charge < -0.3 is 30.0 Å². The second-order valence-corrected chi connectivity index (χ2v) is 20.3. The molecule has 11 rings (SSSR count). The standard InChI is InChI=1S/C37H45N3.C15H10N.C13H8NS.C5H8O2.2Ir.Pt/c1-9-24-22-17-23(25(24)10-2)19-33-27(12-4)29(14-6)35(39-33)21-37-31(16-8)30(15-7)36(40-37)20-34-28(13-5)26(11-3)32(18-22)38-34;1-2-7-13(8-3-1)15-14-9-5-4-6-12(14)10-11-16-15;1-2-7-12-10(5-1)9-13(15-12)11-6-3-4-8-14-11;1-4(6)3-5(2)7;;;/h17-21H,9-16H2,1-8H3;1-7,9-11H;1-8H;3,6H,1-2H3;;;/q-4;2*-1;;;;+4. The molecule has 7 heterocycles. The Balaban J connectivity index is 0.000000239. The van der Waals surface area contributed by atoms with Crippen LogP contribution in [-0.4, -0.2) is 20.9 Å². The zero-order valence-corrected chi connectivity index (χ0v) is 55.9. The summed E-state index contributed by atoms with van der Waals surface area (Å²) in [5, 5.41) is 16.7. The van der Waals surface area contributed by atoms with Crippen molar-refractivity contribution in [1.82, 2.24) is 24.9 Å². The van der Waals surface area contributed by atoms with Crippen LogP contribution in [0.1, 0.15) is 137 Å². The number of aliphatic hydroxyl groups is 1. The number of carbonyl (C=O) groups excluding carboxylic acids is 1. The molecule has 1 N–H and O–H groups in total. The van der Waals surface area contributed by atoms with Crippen LogP contribution in [-0.2, 0) is 117 Å². The van der Waals surface area contributed by atoms with E-state index in [1.54, 1.807) is 11.3 Å². The Bertz CT molecular complexity index is 3680. The number of fused-ring (bicyclic) bond motifs is 10. The smallest absolute Gasteiger partial charge is 0.664 e. The van der Waals surface area contributed by atoms with Crippen molar-refractivity contribution in [3.63, 3.8) is 0 Å². The fourth-order valence-electron chi connectivity index (χ4n) is 10.8. The molecular formula is C70H71Ir2N5O2PtS-2. The van der Waals surface area contributed by atoms with Crippen molar-refractivity contribution in [2.24, 2.45) is 0 Å². The third-order valence-corrected chi connectivity index (χ3v) is 15.4. The minimum absolute atomic E-state index is 0. The van der Waals surface area contributed by atoms with Crippen molar-refractivity contribution in [3.8, 4) is 21.8 Å². The van der Waals surface area contributed by atoms with E-state index >= 15 is 0 Å². The number of aromatic nitrogens is 5. The molecule has 11 heteroatoms. The Kier molecular flexibility index (Phi) is 25.6. The van der Waals surface area contributed by atoms with E-state index in [4.69, 9.17) is 20.1 Å². The average Bonchev–Trinajstić information content (AvgIpc) is 4.46. The fraction of sp³-hybridized carbons (Fsp3) is 0.257. The van der Waals surface area contributed by atoms with Crippen molar-refractivity contribution in [1.29, 1.82) is 0 Å². The van der Waals surface area contributed by atoms with Gasteiger partial charge in [0, 0.05) is 64.4 Å². The predicted octanol–water partition coefficient (Wildman–Crippen LogP) is 12.9. The first kappa shape index (κ1) is 65.9. The van der Waals surface area contributed by atoms with Crippen LogP contribution in [0, 0.1) is 12.1 Å². The third-order valence-electron chi connectivity index (χ3n) is 14.3. The molecule has 10 aromatic rings. The van der Waals surface area contributed by atoms with Gasteiger partial charge >= 0.3 is 21.1 Å². The van der Waals surface area contributed by atoms with Crippen molar-refractivity contribution in [3.05, 3.63) is 228 Å². The van der Waals surface area contributed by atoms with E-state index in [1.165, 1.54) is 95.7 Å². The monoisotopic (exact) mass is 1630 g/mol. The summed E-state index contributed by atoms with van der Waals surface area (Å²) in [6, 6.07) is 41.4. The Morgan fingerprint density at radius 1 is 0.568 bits per heavy atom. The molecule has 0 aliphatic carbocycles. The molecular weight excluding hydrogens is 1550 g/mol. The van der Waals surface area contributed by atoms with Gasteiger partial charge in [-0.05, 0) is 90.5 Å². The van der Waals surface area contributed by atoms with Crippen LogP contribution >= 0.6 is 11.3 Å². The van der Waals surface area contributed by atoms with Gasteiger partial charge in [-0.3, -0.25) is 4.79 Å². The minimum Gasteiger partial charge on any atom is -0.664 e. The largest absolute Gasteiger partial charge is 4.00 e. The summed E-state index contributed by atoms with van der Waals surface area (Å²) in [6.07, 6.45) is 21.9. The molecule has 0 fully saturated rings. The molecule has 0 amide bonds. The quantitative estimate of drug-likeness (QED) is 0.0781. The SMILES string of the molecule is CC(=O)C=C(C)O.CCc1c2[n-]c(c1CC)C=c1[n-]c(c(CC)c1CC)=Cc1[n-]c(c(CC)c1CC)C=c1[cH-]c(c(CC)c1CC)=C2.[Ir].[Ir].[Pt+4].[c-]1c(-c2ccccn2)sc2ccccc12.[c-]1ccccc1-c1nccc2ccccc12. The van der Waals surface area contributed by atoms with E-state index in [9.17, 15) is 4.79 Å². The third kappa shape index (κ3) is 15.4. The maximum Gasteiger partial charge on any atom is 4.00 e. The number of carbonyl (C=O) groups is 1. The number of rotatable bonds is 11. The van der Waals surface area contributed by atoms with Crippen LogP contribution in [0.5, 0.6) is 0 Å². The second kappa shape index (κ2) is 31.5. The predicted molar refractivity (Wildman–Crippen MR) is 326 cm³/mol. The van der Waals surface area contributed by atoms with E-state index in [0.29, 0.717) is 0 Å². The zero-order valence-electron chi connectivity index (χ0n) is 48.0. The maximum atomic E-state index is 10.0. The topological polar surface area (TPSA) is 105 Å². The van der Waals surface area contributed by atoms with Crippen LogP contribution in [0.15, 0.2) is 127 Å². The minimum atomic E-state index is -0.125. The van der Waals surface area contributed by atoms with Crippen LogP contribution in [0.25, 0.3) is 67.0 Å². The molecule has 7 nitrogen and oxygen atoms in total. The van der Waals surface area contributed by atoms with Crippen LogP contribution in [0.4, 0.5) is 0 Å². The molecule has 1 aliphatic rings. The first-order chi connectivity index (χ1) is 38.0. The summed E-state index contributed by atoms with van der Waals surface area (Å²) in [4.78, 5) is 35.7. The molecule has 0 saturated carbocycles. The Morgan fingerprint density at radius 2 is 1.07 bits per heavy atom. The van der Waals surface area contributed by atoms with Crippen LogP contribution in [0.3, 0.4) is 0 Å². The van der Waals surface area contributed by atoms with Gasteiger partial charge in [-0.1, -0.05) is 162 Å². The van der Waals surface area contributed by atoms with E-state index < -0.39 is 0 Å². The summed E-state index contributed by atoms with van der Waals surface area (Å²) in [5.41, 5.74) is 18.5. The van der Waals surface area contributed by atoms with E-state index in [1.807, 2.05) is 79.1 Å². The number of allylic oxidation sites excluding steroid dienone is 2. The molecule has 1 aliphatic heterocycles. The number of pyridine rings is 2. The summed E-state index contributed by atoms with van der Waals surface area (Å²) < 4.78 is 1.26. The number of ketones is 1. The molecule has 8 bridgehead atoms. The van der Waals surface area contributed by atoms with E-state index in [2.05, 4.69) is 138 Å². The van der Waals surface area contributed by atoms with Gasteiger partial charge in [0.2, 0.25) is 0 Å². The van der Waals surface area contributed by atoms with Crippen molar-refractivity contribution >= 4 is 62.3 Å². The molecule has 0 spiro atoms. The van der Waals surface area contributed by atoms with Crippen molar-refractivity contribution < 1.29 is 71.2 Å². The van der Waals surface area contributed by atoms with Crippen LogP contribution in [0.2, 0.25) is 0 Å². The molecule has 0 saturated heterocycles. The first-order valence-corrected chi connectivity index (χ1v) is 28.5.